The summed E-state index contributed by atoms with van der Waals surface area (Å²) in [5.74, 6) is 1.16. The molecule has 1 fully saturated rings. The monoisotopic (exact) mass is 537 g/mol. The van der Waals surface area contributed by atoms with Crippen LogP contribution in [0.1, 0.15) is 69.5 Å². The van der Waals surface area contributed by atoms with Crippen LogP contribution in [0.15, 0.2) is 29.1 Å². The number of amides is 2. The summed E-state index contributed by atoms with van der Waals surface area (Å²) in [6.45, 7) is 3.22. The SMILES string of the molecule is COc1cc2c(c(OC)c1OC)-c1ccc(NC(C)C(=O)NC3CCCCC3)c(=O)cc1C(NC(C)=O)CC2. The molecule has 9 nitrogen and oxygen atoms in total. The number of carbonyl (C=O) groups is 2. The van der Waals surface area contributed by atoms with Crippen LogP contribution in [0.5, 0.6) is 17.2 Å². The molecule has 39 heavy (non-hydrogen) atoms. The lowest BCUT2D eigenvalue weighted by Crippen LogP contribution is -2.44. The summed E-state index contributed by atoms with van der Waals surface area (Å²) < 4.78 is 17.0. The fourth-order valence-electron chi connectivity index (χ4n) is 5.70. The maximum absolute atomic E-state index is 13.5. The van der Waals surface area contributed by atoms with E-state index in [4.69, 9.17) is 14.2 Å². The highest BCUT2D eigenvalue weighted by molar-refractivity contribution is 5.86. The van der Waals surface area contributed by atoms with Crippen molar-refractivity contribution >= 4 is 17.5 Å². The first-order chi connectivity index (χ1) is 18.8. The molecule has 2 aromatic rings. The van der Waals surface area contributed by atoms with Crippen molar-refractivity contribution in [1.29, 1.82) is 0 Å². The normalized spacial score (nSPS) is 17.5. The Morgan fingerprint density at radius 1 is 0.923 bits per heavy atom. The van der Waals surface area contributed by atoms with Crippen molar-refractivity contribution in [2.24, 2.45) is 0 Å². The Labute approximate surface area is 229 Å². The van der Waals surface area contributed by atoms with Gasteiger partial charge in [-0.15, -0.1) is 0 Å². The molecule has 0 radical (unpaired) electrons. The van der Waals surface area contributed by atoms with Gasteiger partial charge in [-0.1, -0.05) is 25.3 Å². The minimum Gasteiger partial charge on any atom is -0.493 e. The zero-order chi connectivity index (χ0) is 28.1. The van der Waals surface area contributed by atoms with Gasteiger partial charge in [0.15, 0.2) is 11.5 Å². The second-order valence-electron chi connectivity index (χ2n) is 10.3. The fraction of sp³-hybridized carbons (Fsp3) is 0.500. The number of aryl methyl sites for hydroxylation is 1. The van der Waals surface area contributed by atoms with Crippen LogP contribution in [0.4, 0.5) is 5.69 Å². The van der Waals surface area contributed by atoms with Gasteiger partial charge in [0, 0.05) is 18.5 Å². The molecular formula is C30H39N3O6. The van der Waals surface area contributed by atoms with E-state index in [0.717, 1.165) is 42.4 Å². The number of anilines is 1. The summed E-state index contributed by atoms with van der Waals surface area (Å²) >= 11 is 0. The van der Waals surface area contributed by atoms with Gasteiger partial charge in [0.1, 0.15) is 6.04 Å². The second kappa shape index (κ2) is 12.4. The van der Waals surface area contributed by atoms with E-state index in [1.807, 2.05) is 12.1 Å². The van der Waals surface area contributed by atoms with Crippen LogP contribution in [0, 0.1) is 0 Å². The molecule has 0 heterocycles. The summed E-state index contributed by atoms with van der Waals surface area (Å²) in [6.07, 6.45) is 6.61. The van der Waals surface area contributed by atoms with Crippen molar-refractivity contribution in [2.75, 3.05) is 26.6 Å². The van der Waals surface area contributed by atoms with Gasteiger partial charge < -0.3 is 30.2 Å². The Hall–Kier alpha value is -3.75. The Morgan fingerprint density at radius 3 is 2.28 bits per heavy atom. The molecule has 2 aliphatic carbocycles. The zero-order valence-corrected chi connectivity index (χ0v) is 23.4. The molecule has 0 aromatic heterocycles. The minimum atomic E-state index is -0.598. The second-order valence-corrected chi connectivity index (χ2v) is 10.3. The molecule has 4 rings (SSSR count). The number of hydrogen-bond donors (Lipinski definition) is 3. The minimum absolute atomic E-state index is 0.130. The van der Waals surface area contributed by atoms with Crippen LogP contribution in [0.25, 0.3) is 11.1 Å². The van der Waals surface area contributed by atoms with Crippen LogP contribution in [-0.2, 0) is 16.0 Å². The van der Waals surface area contributed by atoms with E-state index in [9.17, 15) is 14.4 Å². The van der Waals surface area contributed by atoms with Crippen LogP contribution in [-0.4, -0.2) is 45.2 Å². The molecule has 0 bridgehead atoms. The molecule has 210 valence electrons. The van der Waals surface area contributed by atoms with E-state index >= 15 is 0 Å². The average molecular weight is 538 g/mol. The van der Waals surface area contributed by atoms with Gasteiger partial charge >= 0.3 is 0 Å². The van der Waals surface area contributed by atoms with Crippen molar-refractivity contribution in [3.8, 4) is 28.4 Å². The predicted octanol–water partition coefficient (Wildman–Crippen LogP) is 4.11. The van der Waals surface area contributed by atoms with E-state index in [1.165, 1.54) is 13.3 Å². The lowest BCUT2D eigenvalue weighted by Gasteiger charge is -2.24. The van der Waals surface area contributed by atoms with Crippen LogP contribution in [0.2, 0.25) is 0 Å². The quantitative estimate of drug-likeness (QED) is 0.464. The molecule has 2 aliphatic rings. The molecule has 0 saturated heterocycles. The van der Waals surface area contributed by atoms with E-state index in [0.29, 0.717) is 41.3 Å². The Morgan fingerprint density at radius 2 is 1.64 bits per heavy atom. The van der Waals surface area contributed by atoms with Gasteiger partial charge in [0.05, 0.1) is 33.1 Å². The van der Waals surface area contributed by atoms with Crippen molar-refractivity contribution in [3.05, 3.63) is 45.6 Å². The summed E-state index contributed by atoms with van der Waals surface area (Å²) in [6, 6.07) is 6.19. The van der Waals surface area contributed by atoms with Gasteiger partial charge in [-0.25, -0.2) is 0 Å². The number of methoxy groups -OCH3 is 3. The van der Waals surface area contributed by atoms with Crippen molar-refractivity contribution in [3.63, 3.8) is 0 Å². The summed E-state index contributed by atoms with van der Waals surface area (Å²) in [5.41, 5.74) is 3.17. The molecule has 2 atom stereocenters. The number of hydrogen-bond acceptors (Lipinski definition) is 7. The van der Waals surface area contributed by atoms with E-state index in [1.54, 1.807) is 40.4 Å². The van der Waals surface area contributed by atoms with Crippen molar-refractivity contribution in [2.45, 2.75) is 76.9 Å². The molecule has 0 spiro atoms. The van der Waals surface area contributed by atoms with Crippen LogP contribution in [0.3, 0.4) is 0 Å². The van der Waals surface area contributed by atoms with Gasteiger partial charge in [0.25, 0.3) is 0 Å². The topological polar surface area (TPSA) is 115 Å². The highest BCUT2D eigenvalue weighted by atomic mass is 16.5. The van der Waals surface area contributed by atoms with Crippen LogP contribution >= 0.6 is 0 Å². The van der Waals surface area contributed by atoms with Crippen LogP contribution < -0.4 is 35.6 Å². The van der Waals surface area contributed by atoms with Gasteiger partial charge in [0.2, 0.25) is 23.0 Å². The largest absolute Gasteiger partial charge is 0.493 e. The van der Waals surface area contributed by atoms with Crippen molar-refractivity contribution < 1.29 is 23.8 Å². The number of fused-ring (bicyclic) bond motifs is 3. The number of carbonyl (C=O) groups excluding carboxylic acids is 2. The Kier molecular flexibility index (Phi) is 8.99. The van der Waals surface area contributed by atoms with E-state index < -0.39 is 12.1 Å². The first-order valence-electron chi connectivity index (χ1n) is 13.6. The summed E-state index contributed by atoms with van der Waals surface area (Å²) in [7, 11) is 4.68. The van der Waals surface area contributed by atoms with Gasteiger partial charge in [-0.2, -0.15) is 0 Å². The molecule has 2 unspecified atom stereocenters. The van der Waals surface area contributed by atoms with Gasteiger partial charge in [-0.3, -0.25) is 14.4 Å². The third-order valence-corrected chi connectivity index (χ3v) is 7.63. The Bertz CT molecular complexity index is 1290. The summed E-state index contributed by atoms with van der Waals surface area (Å²) in [5, 5.41) is 9.24. The number of benzene rings is 1. The third-order valence-electron chi connectivity index (χ3n) is 7.63. The van der Waals surface area contributed by atoms with Crippen molar-refractivity contribution in [1.82, 2.24) is 10.6 Å². The maximum Gasteiger partial charge on any atom is 0.242 e. The first-order valence-corrected chi connectivity index (χ1v) is 13.6. The number of nitrogens with one attached hydrogen (secondary N) is 3. The summed E-state index contributed by atoms with van der Waals surface area (Å²) in [4.78, 5) is 38.5. The molecule has 2 amide bonds. The molecular weight excluding hydrogens is 498 g/mol. The smallest absolute Gasteiger partial charge is 0.242 e. The molecule has 1 saturated carbocycles. The lowest BCUT2D eigenvalue weighted by molar-refractivity contribution is -0.122. The van der Waals surface area contributed by atoms with Gasteiger partial charge in [-0.05, 0) is 67.5 Å². The fourth-order valence-corrected chi connectivity index (χ4v) is 5.70. The number of rotatable bonds is 8. The van der Waals surface area contributed by atoms with E-state index in [2.05, 4.69) is 16.0 Å². The highest BCUT2D eigenvalue weighted by Crippen LogP contribution is 2.50. The maximum atomic E-state index is 13.5. The molecule has 3 N–H and O–H groups in total. The van der Waals surface area contributed by atoms with E-state index in [-0.39, 0.29) is 23.3 Å². The predicted molar refractivity (Wildman–Crippen MR) is 151 cm³/mol. The zero-order valence-electron chi connectivity index (χ0n) is 23.4. The average Bonchev–Trinajstić information content (AvgIpc) is 3.16. The Balaban J connectivity index is 1.79. The third kappa shape index (κ3) is 6.13. The standard InChI is InChI=1S/C30H39N3O6/c1-17(30(36)33-20-9-7-6-8-10-20)31-24-14-12-21-22(16-25(24)35)23(32-18(2)34)13-11-19-15-26(37-3)28(38-4)29(39-5)27(19)21/h12,14-17,20,23H,6-11,13H2,1-5H3,(H,31,35)(H,32,34)(H,33,36). The molecule has 0 aliphatic heterocycles. The highest BCUT2D eigenvalue weighted by Gasteiger charge is 2.29. The lowest BCUT2D eigenvalue weighted by atomic mass is 9.95. The number of ether oxygens (including phenoxy) is 3. The first kappa shape index (κ1) is 28.3. The molecule has 2 aromatic carbocycles. The molecule has 9 heteroatoms.